The SMILES string of the molecule is CCOC1(C(O)c2ccc(OC)c(F)c2)CCC(C)CC1. The largest absolute Gasteiger partial charge is 0.494 e. The van der Waals surface area contributed by atoms with E-state index in [1.54, 1.807) is 12.1 Å². The second kappa shape index (κ2) is 6.75. The highest BCUT2D eigenvalue weighted by molar-refractivity contribution is 5.31. The first-order chi connectivity index (χ1) is 10.0. The number of aliphatic hydroxyl groups excluding tert-OH is 1. The molecule has 4 heteroatoms. The van der Waals surface area contributed by atoms with Gasteiger partial charge in [-0.15, -0.1) is 0 Å². The molecular formula is C17H25FO3. The zero-order valence-corrected chi connectivity index (χ0v) is 13.1. The van der Waals surface area contributed by atoms with Crippen LogP contribution in [0.1, 0.15) is 51.2 Å². The lowest BCUT2D eigenvalue weighted by Crippen LogP contribution is -2.42. The summed E-state index contributed by atoms with van der Waals surface area (Å²) in [5.74, 6) is 0.386. The van der Waals surface area contributed by atoms with Gasteiger partial charge in [-0.3, -0.25) is 0 Å². The van der Waals surface area contributed by atoms with Gasteiger partial charge < -0.3 is 14.6 Å². The third-order valence-electron chi connectivity index (χ3n) is 4.54. The van der Waals surface area contributed by atoms with Crippen LogP contribution < -0.4 is 4.74 Å². The van der Waals surface area contributed by atoms with Crippen LogP contribution in [0.15, 0.2) is 18.2 Å². The average Bonchev–Trinajstić information content (AvgIpc) is 2.49. The molecule has 0 radical (unpaired) electrons. The van der Waals surface area contributed by atoms with Crippen LogP contribution in [0.4, 0.5) is 4.39 Å². The van der Waals surface area contributed by atoms with Gasteiger partial charge in [0.25, 0.3) is 0 Å². The summed E-state index contributed by atoms with van der Waals surface area (Å²) in [6, 6.07) is 4.62. The zero-order valence-electron chi connectivity index (χ0n) is 13.1. The molecule has 21 heavy (non-hydrogen) atoms. The molecule has 1 saturated carbocycles. The van der Waals surface area contributed by atoms with Gasteiger partial charge in [0.2, 0.25) is 0 Å². The minimum atomic E-state index is -0.814. The lowest BCUT2D eigenvalue weighted by molar-refractivity contribution is -0.146. The van der Waals surface area contributed by atoms with Gasteiger partial charge in [0.15, 0.2) is 11.6 Å². The van der Waals surface area contributed by atoms with E-state index in [-0.39, 0.29) is 5.75 Å². The minimum Gasteiger partial charge on any atom is -0.494 e. The summed E-state index contributed by atoms with van der Waals surface area (Å²) in [4.78, 5) is 0. The zero-order chi connectivity index (χ0) is 15.5. The summed E-state index contributed by atoms with van der Waals surface area (Å²) in [7, 11) is 1.43. The molecule has 1 fully saturated rings. The molecule has 1 aliphatic carbocycles. The smallest absolute Gasteiger partial charge is 0.165 e. The first kappa shape index (κ1) is 16.2. The summed E-state index contributed by atoms with van der Waals surface area (Å²) in [5.41, 5.74) is -0.0428. The predicted molar refractivity (Wildman–Crippen MR) is 79.9 cm³/mol. The number of rotatable bonds is 5. The quantitative estimate of drug-likeness (QED) is 0.897. The van der Waals surface area contributed by atoms with Gasteiger partial charge in [-0.2, -0.15) is 0 Å². The van der Waals surface area contributed by atoms with E-state index in [9.17, 15) is 9.50 Å². The van der Waals surface area contributed by atoms with E-state index < -0.39 is 17.5 Å². The van der Waals surface area contributed by atoms with Crippen molar-refractivity contribution in [3.8, 4) is 5.75 Å². The molecule has 0 amide bonds. The Kier molecular flexibility index (Phi) is 5.22. The van der Waals surface area contributed by atoms with E-state index >= 15 is 0 Å². The van der Waals surface area contributed by atoms with Crippen molar-refractivity contribution in [2.24, 2.45) is 5.92 Å². The fourth-order valence-electron chi connectivity index (χ4n) is 3.19. The molecule has 0 saturated heterocycles. The molecule has 1 unspecified atom stereocenters. The van der Waals surface area contributed by atoms with Crippen molar-refractivity contribution in [2.75, 3.05) is 13.7 Å². The highest BCUT2D eigenvalue weighted by atomic mass is 19.1. The predicted octanol–water partition coefficient (Wildman–Crippen LogP) is 3.85. The number of hydrogen-bond donors (Lipinski definition) is 1. The summed E-state index contributed by atoms with van der Waals surface area (Å²) >= 11 is 0. The number of benzene rings is 1. The van der Waals surface area contributed by atoms with E-state index in [1.807, 2.05) is 6.92 Å². The molecule has 0 bridgehead atoms. The highest BCUT2D eigenvalue weighted by Crippen LogP contribution is 2.43. The fourth-order valence-corrected chi connectivity index (χ4v) is 3.19. The van der Waals surface area contributed by atoms with Crippen LogP contribution in [0, 0.1) is 11.7 Å². The van der Waals surface area contributed by atoms with Crippen LogP contribution in [0.5, 0.6) is 5.75 Å². The monoisotopic (exact) mass is 296 g/mol. The summed E-state index contributed by atoms with van der Waals surface area (Å²) in [6.45, 7) is 4.69. The molecule has 0 aromatic heterocycles. The molecule has 3 nitrogen and oxygen atoms in total. The van der Waals surface area contributed by atoms with Crippen LogP contribution in [-0.2, 0) is 4.74 Å². The van der Waals surface area contributed by atoms with E-state index in [0.29, 0.717) is 18.1 Å². The Labute approximate surface area is 126 Å². The average molecular weight is 296 g/mol. The molecule has 0 spiro atoms. The normalized spacial score (nSPS) is 27.4. The maximum atomic E-state index is 13.9. The second-order valence-electron chi connectivity index (χ2n) is 5.98. The number of halogens is 1. The van der Waals surface area contributed by atoms with Crippen molar-refractivity contribution < 1.29 is 19.0 Å². The number of aliphatic hydroxyl groups is 1. The van der Waals surface area contributed by atoms with Gasteiger partial charge in [-0.1, -0.05) is 13.0 Å². The van der Waals surface area contributed by atoms with Gasteiger partial charge in [0.05, 0.1) is 12.7 Å². The van der Waals surface area contributed by atoms with Crippen LogP contribution >= 0.6 is 0 Å². The topological polar surface area (TPSA) is 38.7 Å². The molecule has 1 aliphatic rings. The van der Waals surface area contributed by atoms with Crippen molar-refractivity contribution in [3.05, 3.63) is 29.6 Å². The lowest BCUT2D eigenvalue weighted by atomic mass is 9.74. The standard InChI is InChI=1S/C17H25FO3/c1-4-21-17(9-7-12(2)8-10-17)16(19)13-5-6-15(20-3)14(18)11-13/h5-6,11-12,16,19H,4,7-10H2,1-3H3. The molecule has 1 N–H and O–H groups in total. The van der Waals surface area contributed by atoms with Crippen molar-refractivity contribution >= 4 is 0 Å². The van der Waals surface area contributed by atoms with Crippen LogP contribution in [0.25, 0.3) is 0 Å². The second-order valence-corrected chi connectivity index (χ2v) is 5.98. The van der Waals surface area contributed by atoms with E-state index in [0.717, 1.165) is 25.7 Å². The van der Waals surface area contributed by atoms with Gasteiger partial charge in [0.1, 0.15) is 6.10 Å². The molecular weight excluding hydrogens is 271 g/mol. The fraction of sp³-hybridized carbons (Fsp3) is 0.647. The van der Waals surface area contributed by atoms with Gasteiger partial charge >= 0.3 is 0 Å². The molecule has 1 atom stereocenters. The van der Waals surface area contributed by atoms with Gasteiger partial charge in [-0.05, 0) is 56.2 Å². The van der Waals surface area contributed by atoms with Crippen LogP contribution in [-0.4, -0.2) is 24.4 Å². The summed E-state index contributed by atoms with van der Waals surface area (Å²) in [5, 5.41) is 10.8. The number of ether oxygens (including phenoxy) is 2. The van der Waals surface area contributed by atoms with E-state index in [4.69, 9.17) is 9.47 Å². The maximum Gasteiger partial charge on any atom is 0.165 e. The summed E-state index contributed by atoms with van der Waals surface area (Å²) < 4.78 is 24.7. The highest BCUT2D eigenvalue weighted by Gasteiger charge is 2.42. The molecule has 1 aromatic rings. The first-order valence-electron chi connectivity index (χ1n) is 7.68. The minimum absolute atomic E-state index is 0.189. The summed E-state index contributed by atoms with van der Waals surface area (Å²) in [6.07, 6.45) is 2.84. The molecule has 2 rings (SSSR count). The Balaban J connectivity index is 2.26. The Morgan fingerprint density at radius 1 is 1.38 bits per heavy atom. The Morgan fingerprint density at radius 3 is 2.57 bits per heavy atom. The van der Waals surface area contributed by atoms with Crippen molar-refractivity contribution in [1.29, 1.82) is 0 Å². The van der Waals surface area contributed by atoms with Crippen molar-refractivity contribution in [1.82, 2.24) is 0 Å². The van der Waals surface area contributed by atoms with Crippen molar-refractivity contribution in [3.63, 3.8) is 0 Å². The molecule has 118 valence electrons. The van der Waals surface area contributed by atoms with Crippen LogP contribution in [0.3, 0.4) is 0 Å². The third kappa shape index (κ3) is 3.38. The maximum absolute atomic E-state index is 13.9. The number of hydrogen-bond acceptors (Lipinski definition) is 3. The Bertz CT molecular complexity index is 467. The molecule has 0 heterocycles. The van der Waals surface area contributed by atoms with E-state index in [2.05, 4.69) is 6.92 Å². The first-order valence-corrected chi connectivity index (χ1v) is 7.68. The number of methoxy groups -OCH3 is 1. The van der Waals surface area contributed by atoms with Crippen LogP contribution in [0.2, 0.25) is 0 Å². The molecule has 1 aromatic carbocycles. The Hall–Kier alpha value is -1.13. The third-order valence-corrected chi connectivity index (χ3v) is 4.54. The van der Waals surface area contributed by atoms with E-state index in [1.165, 1.54) is 13.2 Å². The lowest BCUT2D eigenvalue weighted by Gasteiger charge is -2.42. The Morgan fingerprint density at radius 2 is 2.05 bits per heavy atom. The van der Waals surface area contributed by atoms with Gasteiger partial charge in [-0.25, -0.2) is 4.39 Å². The van der Waals surface area contributed by atoms with Gasteiger partial charge in [0, 0.05) is 6.61 Å². The van der Waals surface area contributed by atoms with Crippen molar-refractivity contribution in [2.45, 2.75) is 51.2 Å². The molecule has 0 aliphatic heterocycles.